The van der Waals surface area contributed by atoms with Crippen molar-refractivity contribution < 1.29 is 33.3 Å². The fraction of sp³-hybridized carbons (Fsp3) is 0.348. The maximum Gasteiger partial charge on any atom is 0.326 e. The number of thiazole rings is 1. The largest absolute Gasteiger partial charge is 0.494 e. The van der Waals surface area contributed by atoms with Crippen LogP contribution in [-0.4, -0.2) is 50.5 Å². The van der Waals surface area contributed by atoms with E-state index in [1.165, 1.54) is 25.6 Å². The number of methoxy groups -OCH3 is 2. The van der Waals surface area contributed by atoms with Crippen molar-refractivity contribution in [3.63, 3.8) is 0 Å². The van der Waals surface area contributed by atoms with Crippen LogP contribution in [0, 0.1) is 0 Å². The first-order chi connectivity index (χ1) is 16.0. The Morgan fingerprint density at radius 1 is 0.939 bits per heavy atom. The average Bonchev–Trinajstić information content (AvgIpc) is 3.13. The lowest BCUT2D eigenvalue weighted by molar-refractivity contribution is -0.143. The fourth-order valence-corrected chi connectivity index (χ4v) is 4.11. The molecule has 0 aliphatic heterocycles. The van der Waals surface area contributed by atoms with Crippen molar-refractivity contribution in [2.45, 2.75) is 20.4 Å². The minimum absolute atomic E-state index is 0.102. The van der Waals surface area contributed by atoms with E-state index < -0.39 is 11.9 Å². The van der Waals surface area contributed by atoms with Crippen molar-refractivity contribution in [1.29, 1.82) is 0 Å². The second kappa shape index (κ2) is 11.4. The van der Waals surface area contributed by atoms with Crippen molar-refractivity contribution in [2.24, 2.45) is 4.99 Å². The number of esters is 1. The first-order valence-electron chi connectivity index (χ1n) is 10.3. The lowest BCUT2D eigenvalue weighted by atomic mass is 10.3. The molecule has 33 heavy (non-hydrogen) atoms. The molecule has 0 unspecified atom stereocenters. The Balaban J connectivity index is 1.90. The predicted molar refractivity (Wildman–Crippen MR) is 123 cm³/mol. The molecular weight excluding hydrogens is 448 g/mol. The van der Waals surface area contributed by atoms with Crippen molar-refractivity contribution in [3.8, 4) is 23.0 Å². The summed E-state index contributed by atoms with van der Waals surface area (Å²) in [4.78, 5) is 29.3. The SMILES string of the molecule is CCOC(=O)Cn1c(=NC(=O)COc2ccc(OCC)cc2)sc2cc(OC)c(OC)cc21. The molecule has 1 amide bonds. The molecule has 0 fully saturated rings. The summed E-state index contributed by atoms with van der Waals surface area (Å²) in [7, 11) is 3.07. The van der Waals surface area contributed by atoms with E-state index in [1.807, 2.05) is 6.92 Å². The third-order valence-electron chi connectivity index (χ3n) is 4.50. The summed E-state index contributed by atoms with van der Waals surface area (Å²) in [5.41, 5.74) is 0.671. The molecule has 3 aromatic rings. The molecule has 0 bridgehead atoms. The van der Waals surface area contributed by atoms with Crippen LogP contribution in [-0.2, 0) is 20.9 Å². The number of hydrogen-bond acceptors (Lipinski definition) is 8. The summed E-state index contributed by atoms with van der Waals surface area (Å²) in [6, 6.07) is 10.5. The van der Waals surface area contributed by atoms with E-state index in [-0.39, 0.29) is 19.8 Å². The molecule has 0 atom stereocenters. The van der Waals surface area contributed by atoms with Gasteiger partial charge in [0.1, 0.15) is 18.0 Å². The number of carbonyl (C=O) groups is 2. The van der Waals surface area contributed by atoms with Crippen LogP contribution in [0.4, 0.5) is 0 Å². The van der Waals surface area contributed by atoms with Crippen LogP contribution in [0.1, 0.15) is 13.8 Å². The highest BCUT2D eigenvalue weighted by atomic mass is 32.1. The highest BCUT2D eigenvalue weighted by Crippen LogP contribution is 2.33. The molecule has 0 aliphatic rings. The average molecular weight is 475 g/mol. The van der Waals surface area contributed by atoms with E-state index in [2.05, 4.69) is 4.99 Å². The van der Waals surface area contributed by atoms with E-state index in [0.29, 0.717) is 34.2 Å². The lowest BCUT2D eigenvalue weighted by Gasteiger charge is -2.09. The van der Waals surface area contributed by atoms with Gasteiger partial charge >= 0.3 is 5.97 Å². The summed E-state index contributed by atoms with van der Waals surface area (Å²) in [6.07, 6.45) is 0. The maximum absolute atomic E-state index is 12.6. The molecule has 0 saturated carbocycles. The number of benzene rings is 2. The summed E-state index contributed by atoms with van der Waals surface area (Å²) in [6.45, 7) is 4.09. The molecule has 176 valence electrons. The summed E-state index contributed by atoms with van der Waals surface area (Å²) in [5, 5.41) is 0. The monoisotopic (exact) mass is 474 g/mol. The zero-order chi connectivity index (χ0) is 23.8. The molecule has 1 aromatic heterocycles. The molecule has 3 rings (SSSR count). The van der Waals surface area contributed by atoms with Crippen LogP contribution < -0.4 is 23.7 Å². The van der Waals surface area contributed by atoms with Gasteiger partial charge in [0.05, 0.1) is 37.6 Å². The van der Waals surface area contributed by atoms with Crippen LogP contribution in [0.25, 0.3) is 10.2 Å². The molecule has 1 heterocycles. The van der Waals surface area contributed by atoms with Crippen LogP contribution in [0.2, 0.25) is 0 Å². The predicted octanol–water partition coefficient (Wildman–Crippen LogP) is 3.19. The van der Waals surface area contributed by atoms with Gasteiger partial charge in [-0.3, -0.25) is 9.59 Å². The van der Waals surface area contributed by atoms with Gasteiger partial charge in [0, 0.05) is 12.1 Å². The minimum Gasteiger partial charge on any atom is -0.494 e. The van der Waals surface area contributed by atoms with Gasteiger partial charge in [-0.2, -0.15) is 4.99 Å². The normalized spacial score (nSPS) is 11.3. The number of amides is 1. The molecule has 0 N–H and O–H groups in total. The van der Waals surface area contributed by atoms with E-state index in [4.69, 9.17) is 23.7 Å². The number of hydrogen-bond donors (Lipinski definition) is 0. The highest BCUT2D eigenvalue weighted by Gasteiger charge is 2.16. The Bertz CT molecular complexity index is 1180. The van der Waals surface area contributed by atoms with Crippen molar-refractivity contribution in [1.82, 2.24) is 4.57 Å². The topological polar surface area (TPSA) is 97.6 Å². The lowest BCUT2D eigenvalue weighted by Crippen LogP contribution is -2.24. The standard InChI is InChI=1S/C23H26N2O7S/c1-5-30-15-7-9-16(10-8-15)32-14-21(26)24-23-25(13-22(27)31-6-2)17-11-18(28-3)19(29-4)12-20(17)33-23/h7-12H,5-6,13-14H2,1-4H3. The van der Waals surface area contributed by atoms with Gasteiger partial charge < -0.3 is 28.3 Å². The second-order valence-electron chi connectivity index (χ2n) is 6.65. The fourth-order valence-electron chi connectivity index (χ4n) is 3.05. The molecule has 0 saturated heterocycles. The molecule has 0 spiro atoms. The van der Waals surface area contributed by atoms with Gasteiger partial charge in [0.2, 0.25) is 0 Å². The van der Waals surface area contributed by atoms with Gasteiger partial charge in [0.25, 0.3) is 5.91 Å². The van der Waals surface area contributed by atoms with Crippen molar-refractivity contribution in [2.75, 3.05) is 34.0 Å². The Morgan fingerprint density at radius 3 is 2.18 bits per heavy atom. The number of aromatic nitrogens is 1. The Morgan fingerprint density at radius 2 is 1.58 bits per heavy atom. The van der Waals surface area contributed by atoms with Gasteiger partial charge in [-0.05, 0) is 38.1 Å². The molecule has 2 aromatic carbocycles. The first-order valence-corrected chi connectivity index (χ1v) is 11.1. The summed E-state index contributed by atoms with van der Waals surface area (Å²) >= 11 is 1.25. The van der Waals surface area contributed by atoms with Crippen LogP contribution in [0.3, 0.4) is 0 Å². The molecule has 9 nitrogen and oxygen atoms in total. The second-order valence-corrected chi connectivity index (χ2v) is 7.66. The van der Waals surface area contributed by atoms with E-state index in [1.54, 1.807) is 47.9 Å². The van der Waals surface area contributed by atoms with Gasteiger partial charge in [-0.25, -0.2) is 0 Å². The highest BCUT2D eigenvalue weighted by molar-refractivity contribution is 7.16. The van der Waals surface area contributed by atoms with Crippen molar-refractivity contribution >= 4 is 33.4 Å². The molecule has 0 radical (unpaired) electrons. The third kappa shape index (κ3) is 6.04. The molecule has 0 aliphatic carbocycles. The number of rotatable bonds is 10. The number of nitrogens with zero attached hydrogens (tertiary/aromatic N) is 2. The zero-order valence-electron chi connectivity index (χ0n) is 19.0. The van der Waals surface area contributed by atoms with Gasteiger partial charge in [0.15, 0.2) is 22.9 Å². The number of carbonyl (C=O) groups excluding carboxylic acids is 2. The van der Waals surface area contributed by atoms with E-state index >= 15 is 0 Å². The zero-order valence-corrected chi connectivity index (χ0v) is 19.8. The number of fused-ring (bicyclic) bond motifs is 1. The van der Waals surface area contributed by atoms with Crippen LogP contribution in [0.15, 0.2) is 41.4 Å². The third-order valence-corrected chi connectivity index (χ3v) is 5.54. The quantitative estimate of drug-likeness (QED) is 0.416. The minimum atomic E-state index is -0.494. The smallest absolute Gasteiger partial charge is 0.326 e. The van der Waals surface area contributed by atoms with Crippen LogP contribution in [0.5, 0.6) is 23.0 Å². The Kier molecular flexibility index (Phi) is 8.31. The molecular formula is C23H26N2O7S. The summed E-state index contributed by atoms with van der Waals surface area (Å²) in [5.74, 6) is 1.34. The van der Waals surface area contributed by atoms with Gasteiger partial charge in [-0.15, -0.1) is 0 Å². The van der Waals surface area contributed by atoms with E-state index in [9.17, 15) is 9.59 Å². The molecule has 10 heteroatoms. The Labute approximate surface area is 195 Å². The maximum atomic E-state index is 12.6. The van der Waals surface area contributed by atoms with Crippen molar-refractivity contribution in [3.05, 3.63) is 41.2 Å². The Hall–Kier alpha value is -3.53. The van der Waals surface area contributed by atoms with Gasteiger partial charge in [-0.1, -0.05) is 11.3 Å². The van der Waals surface area contributed by atoms with Crippen LogP contribution >= 0.6 is 11.3 Å². The number of ether oxygens (including phenoxy) is 5. The summed E-state index contributed by atoms with van der Waals surface area (Å²) < 4.78 is 29.2. The van der Waals surface area contributed by atoms with E-state index in [0.717, 1.165) is 10.4 Å². The first kappa shape index (κ1) is 24.1.